The number of amides is 2. The van der Waals surface area contributed by atoms with Gasteiger partial charge in [0.2, 0.25) is 5.91 Å². The van der Waals surface area contributed by atoms with Crippen LogP contribution in [-0.4, -0.2) is 46.1 Å². The average Bonchev–Trinajstić information content (AvgIpc) is 3.18. The van der Waals surface area contributed by atoms with Gasteiger partial charge in [0.15, 0.2) is 0 Å². The van der Waals surface area contributed by atoms with Gasteiger partial charge < -0.3 is 10.2 Å². The number of hydrogen-bond acceptors (Lipinski definition) is 4. The third-order valence-electron chi connectivity index (χ3n) is 5.39. The quantitative estimate of drug-likeness (QED) is 0.683. The molecule has 1 saturated heterocycles. The predicted molar refractivity (Wildman–Crippen MR) is 116 cm³/mol. The molecule has 8 heteroatoms. The number of aromatic nitrogens is 2. The maximum atomic E-state index is 13.1. The van der Waals surface area contributed by atoms with Crippen molar-refractivity contribution in [1.29, 1.82) is 0 Å². The van der Waals surface area contributed by atoms with Crippen molar-refractivity contribution in [3.05, 3.63) is 51.5 Å². The number of halogens is 1. The third kappa shape index (κ3) is 3.89. The average molecular weight is 431 g/mol. The van der Waals surface area contributed by atoms with E-state index in [9.17, 15) is 9.59 Å². The van der Waals surface area contributed by atoms with Crippen molar-refractivity contribution >= 4 is 45.0 Å². The van der Waals surface area contributed by atoms with Gasteiger partial charge in [-0.15, -0.1) is 11.3 Å². The SMILES string of the molecule is Cc1nn(Cc2ccccc2Cl)c2sc(C(=O)N(C)C3CCCCNC3=O)cc12. The van der Waals surface area contributed by atoms with Crippen LogP contribution in [0.25, 0.3) is 10.2 Å². The molecule has 2 amide bonds. The number of aryl methyl sites for hydroxylation is 1. The van der Waals surface area contributed by atoms with E-state index >= 15 is 0 Å². The lowest BCUT2D eigenvalue weighted by molar-refractivity contribution is -0.124. The normalized spacial score (nSPS) is 17.2. The van der Waals surface area contributed by atoms with E-state index < -0.39 is 6.04 Å². The second-order valence-electron chi connectivity index (χ2n) is 7.38. The Labute approximate surface area is 178 Å². The number of nitrogens with one attached hydrogen (secondary N) is 1. The topological polar surface area (TPSA) is 67.2 Å². The van der Waals surface area contributed by atoms with Crippen molar-refractivity contribution < 1.29 is 9.59 Å². The number of fused-ring (bicyclic) bond motifs is 1. The fraction of sp³-hybridized carbons (Fsp3) is 0.381. The van der Waals surface area contributed by atoms with Gasteiger partial charge in [-0.3, -0.25) is 14.3 Å². The van der Waals surface area contributed by atoms with Crippen LogP contribution in [0.3, 0.4) is 0 Å². The van der Waals surface area contributed by atoms with Crippen LogP contribution < -0.4 is 5.32 Å². The summed E-state index contributed by atoms with van der Waals surface area (Å²) in [7, 11) is 1.71. The number of thiophene rings is 1. The van der Waals surface area contributed by atoms with Gasteiger partial charge in [0.1, 0.15) is 10.9 Å². The van der Waals surface area contributed by atoms with Crippen molar-refractivity contribution in [3.8, 4) is 0 Å². The molecule has 1 N–H and O–H groups in total. The molecule has 0 saturated carbocycles. The zero-order valence-electron chi connectivity index (χ0n) is 16.4. The molecule has 152 valence electrons. The monoisotopic (exact) mass is 430 g/mol. The van der Waals surface area contributed by atoms with Gasteiger partial charge in [-0.1, -0.05) is 29.8 Å². The van der Waals surface area contributed by atoms with Crippen molar-refractivity contribution in [2.75, 3.05) is 13.6 Å². The van der Waals surface area contributed by atoms with Crippen molar-refractivity contribution in [2.24, 2.45) is 0 Å². The first-order valence-electron chi connectivity index (χ1n) is 9.71. The first kappa shape index (κ1) is 19.9. The molecule has 0 radical (unpaired) electrons. The Morgan fingerprint density at radius 3 is 2.97 bits per heavy atom. The zero-order valence-corrected chi connectivity index (χ0v) is 18.0. The number of hydrogen-bond donors (Lipinski definition) is 1. The van der Waals surface area contributed by atoms with Crippen LogP contribution in [0.15, 0.2) is 30.3 Å². The molecule has 29 heavy (non-hydrogen) atoms. The highest BCUT2D eigenvalue weighted by atomic mass is 35.5. The van der Waals surface area contributed by atoms with Gasteiger partial charge in [0.05, 0.1) is 17.1 Å². The molecule has 1 aliphatic rings. The molecule has 2 aromatic heterocycles. The maximum absolute atomic E-state index is 13.1. The predicted octanol–water partition coefficient (Wildman–Crippen LogP) is 3.85. The summed E-state index contributed by atoms with van der Waals surface area (Å²) in [6.07, 6.45) is 2.57. The van der Waals surface area contributed by atoms with Crippen LogP contribution in [0.5, 0.6) is 0 Å². The van der Waals surface area contributed by atoms with Crippen molar-refractivity contribution in [3.63, 3.8) is 0 Å². The van der Waals surface area contributed by atoms with E-state index in [0.717, 1.165) is 34.3 Å². The molecule has 3 heterocycles. The molecular formula is C21H23ClN4O2S. The van der Waals surface area contributed by atoms with Crippen LogP contribution in [-0.2, 0) is 11.3 Å². The number of carbonyl (C=O) groups excluding carboxylic acids is 2. The summed E-state index contributed by atoms with van der Waals surface area (Å²) in [5.41, 5.74) is 1.85. The number of likely N-dealkylation sites (N-methyl/N-ethyl adjacent to an activating group) is 1. The first-order chi connectivity index (χ1) is 14.0. The summed E-state index contributed by atoms with van der Waals surface area (Å²) in [4.78, 5) is 28.6. The molecule has 1 aromatic carbocycles. The molecular weight excluding hydrogens is 408 g/mol. The highest BCUT2D eigenvalue weighted by molar-refractivity contribution is 7.20. The second kappa shape index (κ2) is 8.16. The van der Waals surface area contributed by atoms with Crippen LogP contribution in [0.4, 0.5) is 0 Å². The lowest BCUT2D eigenvalue weighted by Crippen LogP contribution is -2.46. The minimum atomic E-state index is -0.420. The van der Waals surface area contributed by atoms with Gasteiger partial charge in [-0.05, 0) is 43.9 Å². The van der Waals surface area contributed by atoms with E-state index in [2.05, 4.69) is 10.4 Å². The molecule has 0 spiro atoms. The van der Waals surface area contributed by atoms with Gasteiger partial charge in [0.25, 0.3) is 5.91 Å². The Morgan fingerprint density at radius 1 is 1.38 bits per heavy atom. The summed E-state index contributed by atoms with van der Waals surface area (Å²) in [6, 6.07) is 9.15. The van der Waals surface area contributed by atoms with Gasteiger partial charge >= 0.3 is 0 Å². The molecule has 3 aromatic rings. The van der Waals surface area contributed by atoms with E-state index in [1.165, 1.54) is 11.3 Å². The van der Waals surface area contributed by atoms with E-state index in [1.54, 1.807) is 11.9 Å². The van der Waals surface area contributed by atoms with Crippen LogP contribution >= 0.6 is 22.9 Å². The summed E-state index contributed by atoms with van der Waals surface area (Å²) < 4.78 is 1.89. The Bertz CT molecular complexity index is 1070. The maximum Gasteiger partial charge on any atom is 0.264 e. The minimum Gasteiger partial charge on any atom is -0.354 e. The zero-order chi connectivity index (χ0) is 20.5. The van der Waals surface area contributed by atoms with E-state index in [4.69, 9.17) is 11.6 Å². The lowest BCUT2D eigenvalue weighted by atomic mass is 10.1. The molecule has 1 aliphatic heterocycles. The molecule has 0 bridgehead atoms. The Morgan fingerprint density at radius 2 is 2.17 bits per heavy atom. The minimum absolute atomic E-state index is 0.0689. The molecule has 1 unspecified atom stereocenters. The van der Waals surface area contributed by atoms with Crippen molar-refractivity contribution in [2.45, 2.75) is 38.8 Å². The van der Waals surface area contributed by atoms with E-state index in [0.29, 0.717) is 29.4 Å². The molecule has 6 nitrogen and oxygen atoms in total. The summed E-state index contributed by atoms with van der Waals surface area (Å²) in [5, 5.41) is 9.18. The summed E-state index contributed by atoms with van der Waals surface area (Å²) >= 11 is 7.72. The van der Waals surface area contributed by atoms with Gasteiger partial charge in [-0.2, -0.15) is 5.10 Å². The first-order valence-corrected chi connectivity index (χ1v) is 10.9. The summed E-state index contributed by atoms with van der Waals surface area (Å²) in [5.74, 6) is -0.197. The van der Waals surface area contributed by atoms with E-state index in [-0.39, 0.29) is 11.8 Å². The largest absolute Gasteiger partial charge is 0.354 e. The van der Waals surface area contributed by atoms with Crippen LogP contribution in [0.1, 0.15) is 40.2 Å². The van der Waals surface area contributed by atoms with Gasteiger partial charge in [-0.25, -0.2) is 0 Å². The fourth-order valence-corrected chi connectivity index (χ4v) is 5.06. The number of rotatable bonds is 4. The Hall–Kier alpha value is -2.38. The lowest BCUT2D eigenvalue weighted by Gasteiger charge is -2.25. The highest BCUT2D eigenvalue weighted by Crippen LogP contribution is 2.31. The number of nitrogens with zero attached hydrogens (tertiary/aromatic N) is 3. The Balaban J connectivity index is 1.62. The third-order valence-corrected chi connectivity index (χ3v) is 6.90. The molecule has 1 fully saturated rings. The van der Waals surface area contributed by atoms with Gasteiger partial charge in [0, 0.05) is 24.0 Å². The standard InChI is InChI=1S/C21H23ClN4O2S/c1-13-15-11-18(20(28)25(2)17-9-5-6-10-23-19(17)27)29-21(15)26(24-13)12-14-7-3-4-8-16(14)22/h3-4,7-8,11,17H,5-6,9-10,12H2,1-2H3,(H,23,27). The smallest absolute Gasteiger partial charge is 0.264 e. The fourth-order valence-electron chi connectivity index (χ4n) is 3.72. The number of benzene rings is 1. The Kier molecular flexibility index (Phi) is 5.61. The highest BCUT2D eigenvalue weighted by Gasteiger charge is 2.30. The molecule has 0 aliphatic carbocycles. The second-order valence-corrected chi connectivity index (χ2v) is 8.82. The summed E-state index contributed by atoms with van der Waals surface area (Å²) in [6.45, 7) is 3.16. The van der Waals surface area contributed by atoms with Crippen LogP contribution in [0, 0.1) is 6.92 Å². The molecule has 4 rings (SSSR count). The van der Waals surface area contributed by atoms with E-state index in [1.807, 2.05) is 41.9 Å². The number of carbonyl (C=O) groups is 2. The van der Waals surface area contributed by atoms with Crippen molar-refractivity contribution in [1.82, 2.24) is 20.0 Å². The molecule has 1 atom stereocenters. The van der Waals surface area contributed by atoms with Crippen LogP contribution in [0.2, 0.25) is 5.02 Å².